The van der Waals surface area contributed by atoms with Crippen molar-refractivity contribution in [3.63, 3.8) is 0 Å². The molecule has 1 aliphatic rings. The molecule has 21 heavy (non-hydrogen) atoms. The number of rotatable bonds is 5. The highest BCUT2D eigenvalue weighted by Crippen LogP contribution is 2.27. The number of hydrogen-bond acceptors (Lipinski definition) is 2. The van der Waals surface area contributed by atoms with E-state index in [1.54, 1.807) is 11.8 Å². The van der Waals surface area contributed by atoms with Gasteiger partial charge >= 0.3 is 0 Å². The minimum atomic E-state index is 0.0874. The molecule has 0 unspecified atom stereocenters. The number of thioether (sulfide) groups is 1. The van der Waals surface area contributed by atoms with Crippen molar-refractivity contribution in [2.45, 2.75) is 30.7 Å². The Morgan fingerprint density at radius 1 is 1.05 bits per heavy atom. The Bertz CT molecular complexity index is 624. The number of amides is 1. The number of aryl methyl sites for hydroxylation is 2. The fourth-order valence-corrected chi connectivity index (χ4v) is 3.42. The molecule has 0 saturated heterocycles. The Kier molecular flexibility index (Phi) is 4.61. The molecule has 1 N–H and O–H groups in total. The van der Waals surface area contributed by atoms with E-state index < -0.39 is 0 Å². The second-order valence-corrected chi connectivity index (χ2v) is 6.38. The van der Waals surface area contributed by atoms with Gasteiger partial charge in [-0.05, 0) is 48.1 Å². The van der Waals surface area contributed by atoms with Crippen LogP contribution in [0.15, 0.2) is 53.4 Å². The Morgan fingerprint density at radius 3 is 2.71 bits per heavy atom. The van der Waals surface area contributed by atoms with Crippen LogP contribution in [-0.4, -0.2) is 11.7 Å². The van der Waals surface area contributed by atoms with Gasteiger partial charge in [-0.2, -0.15) is 0 Å². The van der Waals surface area contributed by atoms with Gasteiger partial charge in [-0.1, -0.05) is 36.4 Å². The summed E-state index contributed by atoms with van der Waals surface area (Å²) in [7, 11) is 0. The van der Waals surface area contributed by atoms with Gasteiger partial charge in [-0.15, -0.1) is 11.8 Å². The topological polar surface area (TPSA) is 29.1 Å². The van der Waals surface area contributed by atoms with Gasteiger partial charge in [0.05, 0.1) is 5.75 Å². The highest BCUT2D eigenvalue weighted by molar-refractivity contribution is 8.00. The Labute approximate surface area is 130 Å². The van der Waals surface area contributed by atoms with Crippen LogP contribution in [-0.2, 0) is 24.2 Å². The van der Waals surface area contributed by atoms with Crippen LogP contribution >= 0.6 is 11.8 Å². The summed E-state index contributed by atoms with van der Waals surface area (Å²) in [6, 6.07) is 16.6. The number of benzene rings is 2. The van der Waals surface area contributed by atoms with Crippen LogP contribution in [0, 0.1) is 0 Å². The molecule has 2 aromatic rings. The first-order chi connectivity index (χ1) is 10.3. The Morgan fingerprint density at radius 2 is 1.86 bits per heavy atom. The van der Waals surface area contributed by atoms with E-state index in [1.807, 2.05) is 30.3 Å². The summed E-state index contributed by atoms with van der Waals surface area (Å²) in [5.74, 6) is 0.565. The number of carbonyl (C=O) groups is 1. The molecule has 0 heterocycles. The van der Waals surface area contributed by atoms with Crippen molar-refractivity contribution >= 4 is 17.7 Å². The van der Waals surface area contributed by atoms with Crippen molar-refractivity contribution in [1.29, 1.82) is 0 Å². The molecule has 3 rings (SSSR count). The Balaban J connectivity index is 1.47. The third-order valence-electron chi connectivity index (χ3n) is 3.77. The van der Waals surface area contributed by atoms with Crippen LogP contribution in [0.2, 0.25) is 0 Å². The van der Waals surface area contributed by atoms with E-state index in [2.05, 4.69) is 23.5 Å². The van der Waals surface area contributed by atoms with Gasteiger partial charge in [0.1, 0.15) is 0 Å². The van der Waals surface area contributed by atoms with Gasteiger partial charge < -0.3 is 5.32 Å². The zero-order chi connectivity index (χ0) is 14.5. The lowest BCUT2D eigenvalue weighted by Gasteiger charge is -2.06. The van der Waals surface area contributed by atoms with Gasteiger partial charge in [-0.25, -0.2) is 0 Å². The molecule has 108 valence electrons. The van der Waals surface area contributed by atoms with E-state index in [9.17, 15) is 4.79 Å². The maximum absolute atomic E-state index is 11.9. The van der Waals surface area contributed by atoms with Crippen molar-refractivity contribution in [2.24, 2.45) is 0 Å². The highest BCUT2D eigenvalue weighted by Gasteiger charge is 2.11. The smallest absolute Gasteiger partial charge is 0.230 e. The molecule has 0 aliphatic heterocycles. The normalized spacial score (nSPS) is 13.0. The molecule has 1 aliphatic carbocycles. The molecule has 0 saturated carbocycles. The maximum atomic E-state index is 11.9. The number of fused-ring (bicyclic) bond motifs is 1. The van der Waals surface area contributed by atoms with Crippen LogP contribution in [0.1, 0.15) is 23.1 Å². The Hall–Kier alpha value is -1.74. The fourth-order valence-electron chi connectivity index (χ4n) is 2.63. The van der Waals surface area contributed by atoms with Gasteiger partial charge in [0.2, 0.25) is 5.91 Å². The summed E-state index contributed by atoms with van der Waals surface area (Å²) in [5, 5.41) is 2.96. The molecular weight excluding hydrogens is 278 g/mol. The average Bonchev–Trinajstić information content (AvgIpc) is 2.99. The molecule has 1 amide bonds. The molecule has 0 bridgehead atoms. The zero-order valence-corrected chi connectivity index (χ0v) is 12.8. The maximum Gasteiger partial charge on any atom is 0.230 e. The van der Waals surface area contributed by atoms with Gasteiger partial charge in [0.15, 0.2) is 0 Å². The van der Waals surface area contributed by atoms with Crippen LogP contribution in [0.3, 0.4) is 0 Å². The molecule has 3 heteroatoms. The summed E-state index contributed by atoms with van der Waals surface area (Å²) in [6.45, 7) is 0.602. The third kappa shape index (κ3) is 3.88. The van der Waals surface area contributed by atoms with Crippen molar-refractivity contribution in [2.75, 3.05) is 5.75 Å². The summed E-state index contributed by atoms with van der Waals surface area (Å²) in [6.07, 6.45) is 3.66. The van der Waals surface area contributed by atoms with Crippen molar-refractivity contribution < 1.29 is 4.79 Å². The van der Waals surface area contributed by atoms with Crippen LogP contribution in [0.4, 0.5) is 0 Å². The molecule has 0 spiro atoms. The first-order valence-electron chi connectivity index (χ1n) is 7.36. The summed E-state index contributed by atoms with van der Waals surface area (Å²) >= 11 is 1.62. The molecule has 0 radical (unpaired) electrons. The quantitative estimate of drug-likeness (QED) is 0.855. The van der Waals surface area contributed by atoms with Gasteiger partial charge in [0.25, 0.3) is 0 Å². The van der Waals surface area contributed by atoms with Crippen molar-refractivity contribution in [1.82, 2.24) is 5.32 Å². The van der Waals surface area contributed by atoms with Gasteiger partial charge in [-0.3, -0.25) is 4.79 Å². The van der Waals surface area contributed by atoms with E-state index in [4.69, 9.17) is 0 Å². The van der Waals surface area contributed by atoms with Crippen LogP contribution in [0.5, 0.6) is 0 Å². The first-order valence-corrected chi connectivity index (χ1v) is 8.35. The SMILES string of the molecule is O=C(CSc1ccc2c(c1)CCC2)NCc1ccccc1. The lowest BCUT2D eigenvalue weighted by atomic mass is 10.1. The van der Waals surface area contributed by atoms with Crippen molar-refractivity contribution in [3.05, 3.63) is 65.2 Å². The number of hydrogen-bond donors (Lipinski definition) is 1. The third-order valence-corrected chi connectivity index (χ3v) is 4.77. The van der Waals surface area contributed by atoms with Crippen LogP contribution < -0.4 is 5.32 Å². The second-order valence-electron chi connectivity index (χ2n) is 5.34. The minimum Gasteiger partial charge on any atom is -0.351 e. The predicted octanol–water partition coefficient (Wildman–Crippen LogP) is 3.58. The van der Waals surface area contributed by atoms with E-state index >= 15 is 0 Å². The molecule has 2 nitrogen and oxygen atoms in total. The molecule has 0 fully saturated rings. The monoisotopic (exact) mass is 297 g/mol. The van der Waals surface area contributed by atoms with E-state index in [-0.39, 0.29) is 5.91 Å². The number of nitrogens with one attached hydrogen (secondary N) is 1. The van der Waals surface area contributed by atoms with Gasteiger partial charge in [0, 0.05) is 11.4 Å². The lowest BCUT2D eigenvalue weighted by Crippen LogP contribution is -2.24. The summed E-state index contributed by atoms with van der Waals surface area (Å²) in [4.78, 5) is 13.1. The first kappa shape index (κ1) is 14.2. The molecule has 0 atom stereocenters. The van der Waals surface area contributed by atoms with Crippen molar-refractivity contribution in [3.8, 4) is 0 Å². The molecule has 2 aromatic carbocycles. The summed E-state index contributed by atoms with van der Waals surface area (Å²) < 4.78 is 0. The van der Waals surface area contributed by atoms with E-state index in [1.165, 1.54) is 35.3 Å². The number of carbonyl (C=O) groups excluding carboxylic acids is 1. The lowest BCUT2D eigenvalue weighted by molar-refractivity contribution is -0.118. The standard InChI is InChI=1S/C18H19NOS/c20-18(19-12-14-5-2-1-3-6-14)13-21-17-10-9-15-7-4-8-16(15)11-17/h1-3,5-6,9-11H,4,7-8,12-13H2,(H,19,20). The largest absolute Gasteiger partial charge is 0.351 e. The second kappa shape index (κ2) is 6.81. The predicted molar refractivity (Wildman–Crippen MR) is 87.5 cm³/mol. The van der Waals surface area contributed by atoms with Crippen LogP contribution in [0.25, 0.3) is 0 Å². The van der Waals surface area contributed by atoms with E-state index in [0.29, 0.717) is 12.3 Å². The average molecular weight is 297 g/mol. The summed E-state index contributed by atoms with van der Waals surface area (Å²) in [5.41, 5.74) is 4.07. The minimum absolute atomic E-state index is 0.0874. The molecular formula is C18H19NOS. The molecule has 0 aromatic heterocycles. The van der Waals surface area contributed by atoms with E-state index in [0.717, 1.165) is 5.56 Å². The zero-order valence-electron chi connectivity index (χ0n) is 12.0. The fraction of sp³-hybridized carbons (Fsp3) is 0.278. The highest BCUT2D eigenvalue weighted by atomic mass is 32.2.